The van der Waals surface area contributed by atoms with Crippen LogP contribution >= 0.6 is 34.4 Å². The van der Waals surface area contributed by atoms with Crippen LogP contribution in [0.3, 0.4) is 0 Å². The molecule has 9 heteroatoms. The molecule has 3 aromatic rings. The molecular weight excluding hydrogens is 390 g/mol. The Morgan fingerprint density at radius 3 is 2.77 bits per heavy atom. The van der Waals surface area contributed by atoms with Crippen LogP contribution in [-0.4, -0.2) is 28.3 Å². The number of carbonyl (C=O) groups is 1. The first-order chi connectivity index (χ1) is 12.7. The number of nitrogens with one attached hydrogen (secondary N) is 1. The summed E-state index contributed by atoms with van der Waals surface area (Å²) < 4.78 is 12.4. The van der Waals surface area contributed by atoms with Gasteiger partial charge in [-0.05, 0) is 30.5 Å². The van der Waals surface area contributed by atoms with Gasteiger partial charge in [0.25, 0.3) is 5.91 Å². The van der Waals surface area contributed by atoms with Crippen molar-refractivity contribution in [1.82, 2.24) is 10.2 Å². The number of carbonyl (C=O) groups excluding carboxylic acids is 1. The van der Waals surface area contributed by atoms with Crippen molar-refractivity contribution >= 4 is 45.5 Å². The average molecular weight is 406 g/mol. The van der Waals surface area contributed by atoms with E-state index in [1.165, 1.54) is 16.2 Å². The van der Waals surface area contributed by atoms with Gasteiger partial charge < -0.3 is 9.47 Å². The Morgan fingerprint density at radius 1 is 1.19 bits per heavy atom. The van der Waals surface area contributed by atoms with E-state index in [0.29, 0.717) is 16.6 Å². The van der Waals surface area contributed by atoms with Crippen molar-refractivity contribution in [3.05, 3.63) is 46.7 Å². The first-order valence-corrected chi connectivity index (χ1v) is 10.6. The summed E-state index contributed by atoms with van der Waals surface area (Å²) in [6.45, 7) is 1.81. The molecule has 1 aliphatic heterocycles. The molecular formula is C17H15N3O3S3. The van der Waals surface area contributed by atoms with Gasteiger partial charge in [0.2, 0.25) is 11.2 Å². The number of thioether (sulfide) groups is 1. The van der Waals surface area contributed by atoms with E-state index in [2.05, 4.69) is 21.6 Å². The van der Waals surface area contributed by atoms with Crippen LogP contribution in [0.4, 0.5) is 5.13 Å². The van der Waals surface area contributed by atoms with E-state index in [4.69, 9.17) is 9.47 Å². The third-order valence-corrected chi connectivity index (χ3v) is 6.74. The number of fused-ring (bicyclic) bond motifs is 1. The predicted molar refractivity (Wildman–Crippen MR) is 103 cm³/mol. The molecule has 0 radical (unpaired) electrons. The van der Waals surface area contributed by atoms with Crippen LogP contribution in [0.1, 0.15) is 11.8 Å². The van der Waals surface area contributed by atoms with Gasteiger partial charge in [-0.1, -0.05) is 41.3 Å². The maximum absolute atomic E-state index is 12.6. The Kier molecular flexibility index (Phi) is 5.09. The van der Waals surface area contributed by atoms with Gasteiger partial charge in [-0.2, -0.15) is 0 Å². The summed E-state index contributed by atoms with van der Waals surface area (Å²) in [4.78, 5) is 13.8. The number of amides is 1. The molecule has 0 aliphatic carbocycles. The third-order valence-electron chi connectivity index (χ3n) is 3.66. The molecule has 1 amide bonds. The van der Waals surface area contributed by atoms with E-state index >= 15 is 0 Å². The molecule has 2 unspecified atom stereocenters. The van der Waals surface area contributed by atoms with E-state index in [1.807, 2.05) is 36.6 Å². The second-order valence-corrected chi connectivity index (χ2v) is 8.77. The molecule has 4 rings (SSSR count). The van der Waals surface area contributed by atoms with Gasteiger partial charge >= 0.3 is 0 Å². The van der Waals surface area contributed by atoms with Crippen molar-refractivity contribution < 1.29 is 14.3 Å². The Labute approximate surface area is 162 Å². The van der Waals surface area contributed by atoms with E-state index in [0.717, 1.165) is 10.1 Å². The average Bonchev–Trinajstić information content (AvgIpc) is 3.31. The highest BCUT2D eigenvalue weighted by atomic mass is 32.2. The summed E-state index contributed by atoms with van der Waals surface area (Å²) in [5, 5.41) is 13.4. The summed E-state index contributed by atoms with van der Waals surface area (Å²) in [7, 11) is 0. The van der Waals surface area contributed by atoms with Crippen molar-refractivity contribution in [1.29, 1.82) is 0 Å². The molecule has 0 saturated heterocycles. The van der Waals surface area contributed by atoms with Crippen molar-refractivity contribution in [2.24, 2.45) is 0 Å². The highest BCUT2D eigenvalue weighted by Crippen LogP contribution is 2.34. The molecule has 26 heavy (non-hydrogen) atoms. The molecule has 1 N–H and O–H groups in total. The van der Waals surface area contributed by atoms with Crippen LogP contribution in [0.2, 0.25) is 0 Å². The lowest BCUT2D eigenvalue weighted by Gasteiger charge is -2.30. The molecule has 0 spiro atoms. The quantitative estimate of drug-likeness (QED) is 0.510. The van der Waals surface area contributed by atoms with Crippen LogP contribution in [0.15, 0.2) is 46.1 Å². The standard InChI is InChI=1S/C17H15N3O3S3/c1-10-14(23-13-7-3-2-6-12(13)22-10)15(21)18-16-19-20-17(26-16)25-9-11-5-4-8-24-11/h2-8,10,14H,9H2,1H3,(H,18,19,21). The molecule has 1 aliphatic rings. The largest absolute Gasteiger partial charge is 0.482 e. The van der Waals surface area contributed by atoms with Gasteiger partial charge in [0.05, 0.1) is 0 Å². The zero-order valence-corrected chi connectivity index (χ0v) is 16.2. The minimum Gasteiger partial charge on any atom is -0.482 e. The minimum atomic E-state index is -0.740. The first-order valence-electron chi connectivity index (χ1n) is 7.91. The van der Waals surface area contributed by atoms with Crippen molar-refractivity contribution in [2.45, 2.75) is 29.2 Å². The first kappa shape index (κ1) is 17.3. The van der Waals surface area contributed by atoms with Crippen LogP contribution in [0.5, 0.6) is 11.5 Å². The normalized spacial score (nSPS) is 18.5. The number of para-hydroxylation sites is 2. The summed E-state index contributed by atoms with van der Waals surface area (Å²) >= 11 is 4.66. The van der Waals surface area contributed by atoms with Crippen LogP contribution in [-0.2, 0) is 10.5 Å². The fourth-order valence-electron chi connectivity index (χ4n) is 2.43. The highest BCUT2D eigenvalue weighted by molar-refractivity contribution is 8.00. The lowest BCUT2D eigenvalue weighted by atomic mass is 10.1. The van der Waals surface area contributed by atoms with Gasteiger partial charge in [0.15, 0.2) is 15.8 Å². The molecule has 0 saturated carbocycles. The Bertz CT molecular complexity index is 898. The van der Waals surface area contributed by atoms with Gasteiger partial charge in [0, 0.05) is 10.6 Å². The monoisotopic (exact) mass is 405 g/mol. The molecule has 2 atom stereocenters. The fraction of sp³-hybridized carbons (Fsp3) is 0.235. The Balaban J connectivity index is 1.37. The smallest absolute Gasteiger partial charge is 0.271 e. The van der Waals surface area contributed by atoms with Gasteiger partial charge in [-0.15, -0.1) is 21.5 Å². The topological polar surface area (TPSA) is 73.3 Å². The van der Waals surface area contributed by atoms with Crippen LogP contribution in [0, 0.1) is 0 Å². The van der Waals surface area contributed by atoms with Crippen molar-refractivity contribution in [2.75, 3.05) is 5.32 Å². The van der Waals surface area contributed by atoms with Crippen molar-refractivity contribution in [3.8, 4) is 11.5 Å². The maximum Gasteiger partial charge on any atom is 0.271 e. The molecule has 2 aromatic heterocycles. The molecule has 0 bridgehead atoms. The molecule has 6 nitrogen and oxygen atoms in total. The number of hydrogen-bond acceptors (Lipinski definition) is 8. The Morgan fingerprint density at radius 2 is 2.00 bits per heavy atom. The number of aromatic nitrogens is 2. The van der Waals surface area contributed by atoms with Crippen molar-refractivity contribution in [3.63, 3.8) is 0 Å². The second kappa shape index (κ2) is 7.65. The molecule has 134 valence electrons. The summed E-state index contributed by atoms with van der Waals surface area (Å²) in [5.41, 5.74) is 0. The number of thiophene rings is 1. The number of benzene rings is 1. The van der Waals surface area contributed by atoms with Gasteiger partial charge in [-0.3, -0.25) is 10.1 Å². The SMILES string of the molecule is CC1Oc2ccccc2OC1C(=O)Nc1nnc(SCc2cccs2)s1. The predicted octanol–water partition coefficient (Wildman–Crippen LogP) is 4.06. The Hall–Kier alpha value is -2.10. The van der Waals surface area contributed by atoms with E-state index in [9.17, 15) is 4.79 Å². The lowest BCUT2D eigenvalue weighted by molar-refractivity contribution is -0.128. The fourth-order valence-corrected chi connectivity index (χ4v) is 4.96. The lowest BCUT2D eigenvalue weighted by Crippen LogP contribution is -2.46. The van der Waals surface area contributed by atoms with Gasteiger partial charge in [0.1, 0.15) is 6.10 Å². The molecule has 0 fully saturated rings. The number of anilines is 1. The van der Waals surface area contributed by atoms with Crippen LogP contribution in [0.25, 0.3) is 0 Å². The minimum absolute atomic E-state index is 0.294. The zero-order chi connectivity index (χ0) is 17.9. The number of rotatable bonds is 5. The zero-order valence-electron chi connectivity index (χ0n) is 13.7. The van der Waals surface area contributed by atoms with E-state index < -0.39 is 12.2 Å². The van der Waals surface area contributed by atoms with E-state index in [-0.39, 0.29) is 5.91 Å². The maximum atomic E-state index is 12.6. The highest BCUT2D eigenvalue weighted by Gasteiger charge is 2.34. The molecule has 3 heterocycles. The second-order valence-electron chi connectivity index (χ2n) is 5.54. The third kappa shape index (κ3) is 3.84. The number of nitrogens with zero attached hydrogens (tertiary/aromatic N) is 2. The van der Waals surface area contributed by atoms with Gasteiger partial charge in [-0.25, -0.2) is 0 Å². The van der Waals surface area contributed by atoms with Crippen LogP contribution < -0.4 is 14.8 Å². The molecule has 1 aromatic carbocycles. The number of hydrogen-bond donors (Lipinski definition) is 1. The summed E-state index contributed by atoms with van der Waals surface area (Å²) in [6.07, 6.45) is -1.14. The van der Waals surface area contributed by atoms with E-state index in [1.54, 1.807) is 29.2 Å². The summed E-state index contributed by atoms with van der Waals surface area (Å²) in [6, 6.07) is 11.4. The summed E-state index contributed by atoms with van der Waals surface area (Å²) in [5.74, 6) is 1.76. The number of ether oxygens (including phenoxy) is 2.